The van der Waals surface area contributed by atoms with Crippen molar-refractivity contribution in [3.8, 4) is 0 Å². The lowest BCUT2D eigenvalue weighted by atomic mass is 10.2. The highest BCUT2D eigenvalue weighted by atomic mass is 16.5. The molecule has 0 aliphatic heterocycles. The molecule has 1 aliphatic rings. The Balaban J connectivity index is 1.88. The van der Waals surface area contributed by atoms with Gasteiger partial charge in [-0.05, 0) is 31.4 Å². The first-order valence-corrected chi connectivity index (χ1v) is 5.16. The first-order valence-electron chi connectivity index (χ1n) is 5.16. The number of hydrogen-bond donors (Lipinski definition) is 1. The third-order valence-electron chi connectivity index (χ3n) is 2.56. The van der Waals surface area contributed by atoms with Crippen molar-refractivity contribution in [3.63, 3.8) is 0 Å². The van der Waals surface area contributed by atoms with Crippen LogP contribution in [-0.2, 0) is 11.3 Å². The first-order chi connectivity index (χ1) is 7.31. The minimum atomic E-state index is -0.414. The lowest BCUT2D eigenvalue weighted by Crippen LogP contribution is -2.17. The van der Waals surface area contributed by atoms with Crippen LogP contribution in [0.1, 0.15) is 29.0 Å². The van der Waals surface area contributed by atoms with Crippen LogP contribution < -0.4 is 5.32 Å². The molecule has 0 spiro atoms. The van der Waals surface area contributed by atoms with E-state index in [-0.39, 0.29) is 0 Å². The molecule has 0 bridgehead atoms. The van der Waals surface area contributed by atoms with Crippen molar-refractivity contribution in [1.29, 1.82) is 0 Å². The van der Waals surface area contributed by atoms with Gasteiger partial charge in [0.25, 0.3) is 0 Å². The molecule has 1 N–H and O–H groups in total. The van der Waals surface area contributed by atoms with Crippen LogP contribution >= 0.6 is 0 Å². The number of rotatable bonds is 5. The molecule has 0 saturated heterocycles. The van der Waals surface area contributed by atoms with E-state index in [9.17, 15) is 4.79 Å². The Bertz CT molecular complexity index is 341. The summed E-state index contributed by atoms with van der Waals surface area (Å²) in [7, 11) is 1.35. The summed E-state index contributed by atoms with van der Waals surface area (Å²) in [5.41, 5.74) is 0.863. The normalized spacial score (nSPS) is 15.3. The van der Waals surface area contributed by atoms with Crippen molar-refractivity contribution in [2.45, 2.75) is 19.4 Å². The van der Waals surface area contributed by atoms with E-state index >= 15 is 0 Å². The van der Waals surface area contributed by atoms with Crippen LogP contribution in [0.4, 0.5) is 0 Å². The summed E-state index contributed by atoms with van der Waals surface area (Å²) in [6.45, 7) is 1.68. The summed E-state index contributed by atoms with van der Waals surface area (Å²) in [6, 6.07) is 1.80. The molecule has 0 atom stereocenters. The molecule has 1 aliphatic carbocycles. The van der Waals surface area contributed by atoms with Gasteiger partial charge in [0.05, 0.1) is 13.4 Å². The molecule has 1 fully saturated rings. The Hall–Kier alpha value is -1.29. The predicted octanol–water partition coefficient (Wildman–Crippen LogP) is 1.57. The zero-order chi connectivity index (χ0) is 10.7. The van der Waals surface area contributed by atoms with Crippen molar-refractivity contribution in [1.82, 2.24) is 5.32 Å². The highest BCUT2D eigenvalue weighted by molar-refractivity contribution is 5.87. The van der Waals surface area contributed by atoms with E-state index < -0.39 is 5.97 Å². The summed E-state index contributed by atoms with van der Waals surface area (Å²) in [5, 5.41) is 3.30. The van der Waals surface area contributed by atoms with Crippen LogP contribution in [0.3, 0.4) is 0 Å². The Kier molecular flexibility index (Phi) is 3.06. The average molecular weight is 209 g/mol. The van der Waals surface area contributed by atoms with Crippen molar-refractivity contribution in [2.24, 2.45) is 5.92 Å². The molecule has 1 heterocycles. The maximum Gasteiger partial charge on any atom is 0.374 e. The Labute approximate surface area is 88.6 Å². The maximum atomic E-state index is 11.3. The predicted molar refractivity (Wildman–Crippen MR) is 54.5 cm³/mol. The number of methoxy groups -OCH3 is 1. The van der Waals surface area contributed by atoms with E-state index in [1.165, 1.54) is 26.2 Å². The third-order valence-corrected chi connectivity index (χ3v) is 2.56. The summed E-state index contributed by atoms with van der Waals surface area (Å²) in [4.78, 5) is 11.3. The van der Waals surface area contributed by atoms with Crippen molar-refractivity contribution in [2.75, 3.05) is 13.7 Å². The van der Waals surface area contributed by atoms with Gasteiger partial charge in [0.1, 0.15) is 0 Å². The van der Waals surface area contributed by atoms with Crippen molar-refractivity contribution < 1.29 is 13.9 Å². The number of furan rings is 1. The fourth-order valence-electron chi connectivity index (χ4n) is 1.48. The molecular formula is C11H15NO3. The molecule has 1 aromatic rings. The monoisotopic (exact) mass is 209 g/mol. The number of carbonyl (C=O) groups excluding carboxylic acids is 1. The van der Waals surface area contributed by atoms with Crippen LogP contribution in [0.15, 0.2) is 16.7 Å². The number of ether oxygens (including phenoxy) is 1. The molecule has 15 heavy (non-hydrogen) atoms. The topological polar surface area (TPSA) is 51.5 Å². The quantitative estimate of drug-likeness (QED) is 0.748. The van der Waals surface area contributed by atoms with Crippen molar-refractivity contribution >= 4 is 5.97 Å². The molecule has 2 rings (SSSR count). The van der Waals surface area contributed by atoms with Gasteiger partial charge in [0.2, 0.25) is 5.76 Å². The molecule has 1 saturated carbocycles. The fraction of sp³-hybridized carbons (Fsp3) is 0.545. The maximum absolute atomic E-state index is 11.3. The number of esters is 1. The summed E-state index contributed by atoms with van der Waals surface area (Å²) in [5.74, 6) is 0.725. The van der Waals surface area contributed by atoms with Gasteiger partial charge in [-0.15, -0.1) is 0 Å². The third kappa shape index (κ3) is 2.59. The highest BCUT2D eigenvalue weighted by Gasteiger charge is 2.21. The second-order valence-corrected chi connectivity index (χ2v) is 3.84. The summed E-state index contributed by atoms with van der Waals surface area (Å²) in [6.07, 6.45) is 4.16. The lowest BCUT2D eigenvalue weighted by molar-refractivity contribution is 0.0563. The van der Waals surface area contributed by atoms with Gasteiger partial charge in [0, 0.05) is 12.1 Å². The van der Waals surface area contributed by atoms with Crippen LogP contribution in [0, 0.1) is 5.92 Å². The fourth-order valence-corrected chi connectivity index (χ4v) is 1.48. The molecule has 82 valence electrons. The van der Waals surface area contributed by atoms with Crippen molar-refractivity contribution in [3.05, 3.63) is 23.7 Å². The second kappa shape index (κ2) is 4.49. The smallest absolute Gasteiger partial charge is 0.374 e. The Morgan fingerprint density at radius 2 is 2.47 bits per heavy atom. The van der Waals surface area contributed by atoms with Gasteiger partial charge in [-0.3, -0.25) is 0 Å². The second-order valence-electron chi connectivity index (χ2n) is 3.84. The van der Waals surface area contributed by atoms with Gasteiger partial charge in [-0.25, -0.2) is 4.79 Å². The van der Waals surface area contributed by atoms with E-state index in [0.717, 1.165) is 18.0 Å². The molecule has 0 radical (unpaired) electrons. The van der Waals surface area contributed by atoms with Crippen LogP contribution in [0.5, 0.6) is 0 Å². The summed E-state index contributed by atoms with van der Waals surface area (Å²) >= 11 is 0. The standard InChI is InChI=1S/C11H15NO3/c1-14-11(13)10-9(4-5-15-10)7-12-6-8-2-3-8/h4-5,8,12H,2-3,6-7H2,1H3. The number of hydrogen-bond acceptors (Lipinski definition) is 4. The van der Waals surface area contributed by atoms with Crippen LogP contribution in [-0.4, -0.2) is 19.6 Å². The summed E-state index contributed by atoms with van der Waals surface area (Å²) < 4.78 is 9.69. The molecule has 0 unspecified atom stereocenters. The zero-order valence-electron chi connectivity index (χ0n) is 8.79. The van der Waals surface area contributed by atoms with Gasteiger partial charge < -0.3 is 14.5 Å². The number of carbonyl (C=O) groups is 1. The van der Waals surface area contributed by atoms with Gasteiger partial charge in [-0.1, -0.05) is 0 Å². The molecule has 1 aromatic heterocycles. The van der Waals surface area contributed by atoms with E-state index in [2.05, 4.69) is 10.1 Å². The van der Waals surface area contributed by atoms with E-state index in [0.29, 0.717) is 12.3 Å². The molecule has 0 amide bonds. The van der Waals surface area contributed by atoms with E-state index in [4.69, 9.17) is 4.42 Å². The highest BCUT2D eigenvalue weighted by Crippen LogP contribution is 2.27. The Morgan fingerprint density at radius 1 is 1.67 bits per heavy atom. The Morgan fingerprint density at radius 3 is 3.13 bits per heavy atom. The average Bonchev–Trinajstić information content (AvgIpc) is 2.95. The van der Waals surface area contributed by atoms with E-state index in [1.807, 2.05) is 0 Å². The van der Waals surface area contributed by atoms with Gasteiger partial charge in [0.15, 0.2) is 0 Å². The minimum absolute atomic E-state index is 0.306. The molecular weight excluding hydrogens is 194 g/mol. The SMILES string of the molecule is COC(=O)c1occc1CNCC1CC1. The number of nitrogens with one attached hydrogen (secondary N) is 1. The van der Waals surface area contributed by atoms with E-state index in [1.54, 1.807) is 6.07 Å². The van der Waals surface area contributed by atoms with Crippen LogP contribution in [0.25, 0.3) is 0 Å². The van der Waals surface area contributed by atoms with Gasteiger partial charge in [-0.2, -0.15) is 0 Å². The zero-order valence-corrected chi connectivity index (χ0v) is 8.79. The van der Waals surface area contributed by atoms with Crippen LogP contribution in [0.2, 0.25) is 0 Å². The molecule has 4 nitrogen and oxygen atoms in total. The molecule has 4 heteroatoms. The largest absolute Gasteiger partial charge is 0.463 e. The minimum Gasteiger partial charge on any atom is -0.463 e. The first kappa shape index (κ1) is 10.2. The van der Waals surface area contributed by atoms with Gasteiger partial charge >= 0.3 is 5.97 Å². The lowest BCUT2D eigenvalue weighted by Gasteiger charge is -2.02. The molecule has 0 aromatic carbocycles.